The standard InChI is InChI=1S/C17H21N3O/c1-20(2)17-16(7-4-10-18-17)19-15-6-3-5-12-8-9-13(21)11-14(12)15/h4,7-11,15,19,21H,3,5-6H2,1-2H3. The second-order valence-electron chi connectivity index (χ2n) is 5.74. The largest absolute Gasteiger partial charge is 0.508 e. The Morgan fingerprint density at radius 1 is 1.29 bits per heavy atom. The van der Waals surface area contributed by atoms with Gasteiger partial charge in [0.2, 0.25) is 0 Å². The van der Waals surface area contributed by atoms with Crippen molar-refractivity contribution in [3.63, 3.8) is 0 Å². The summed E-state index contributed by atoms with van der Waals surface area (Å²) in [6, 6.07) is 9.92. The maximum absolute atomic E-state index is 9.77. The highest BCUT2D eigenvalue weighted by Crippen LogP contribution is 2.36. The number of pyridine rings is 1. The summed E-state index contributed by atoms with van der Waals surface area (Å²) < 4.78 is 0. The molecular weight excluding hydrogens is 262 g/mol. The van der Waals surface area contributed by atoms with E-state index in [0.29, 0.717) is 5.75 Å². The lowest BCUT2D eigenvalue weighted by atomic mass is 9.87. The summed E-state index contributed by atoms with van der Waals surface area (Å²) in [4.78, 5) is 6.44. The van der Waals surface area contributed by atoms with Crippen LogP contribution in [0.4, 0.5) is 11.5 Å². The van der Waals surface area contributed by atoms with Crippen LogP contribution in [0.15, 0.2) is 36.5 Å². The number of nitrogens with zero attached hydrogens (tertiary/aromatic N) is 2. The van der Waals surface area contributed by atoms with Gasteiger partial charge in [-0.25, -0.2) is 4.98 Å². The van der Waals surface area contributed by atoms with E-state index < -0.39 is 0 Å². The molecule has 1 aromatic heterocycles. The lowest BCUT2D eigenvalue weighted by Gasteiger charge is -2.28. The second-order valence-corrected chi connectivity index (χ2v) is 5.74. The molecule has 1 aliphatic carbocycles. The SMILES string of the molecule is CN(C)c1ncccc1NC1CCCc2ccc(O)cc21. The van der Waals surface area contributed by atoms with Crippen LogP contribution in [-0.2, 0) is 6.42 Å². The predicted molar refractivity (Wildman–Crippen MR) is 86.0 cm³/mol. The van der Waals surface area contributed by atoms with Crippen molar-refractivity contribution in [1.82, 2.24) is 4.98 Å². The minimum Gasteiger partial charge on any atom is -0.508 e. The Morgan fingerprint density at radius 2 is 2.14 bits per heavy atom. The number of hydrogen-bond acceptors (Lipinski definition) is 4. The van der Waals surface area contributed by atoms with Gasteiger partial charge >= 0.3 is 0 Å². The smallest absolute Gasteiger partial charge is 0.151 e. The summed E-state index contributed by atoms with van der Waals surface area (Å²) in [5.41, 5.74) is 3.56. The fourth-order valence-corrected chi connectivity index (χ4v) is 2.99. The molecule has 110 valence electrons. The number of benzene rings is 1. The molecule has 0 radical (unpaired) electrons. The Kier molecular flexibility index (Phi) is 3.69. The Bertz CT molecular complexity index is 640. The number of anilines is 2. The fraction of sp³-hybridized carbons (Fsp3) is 0.353. The maximum Gasteiger partial charge on any atom is 0.151 e. The molecule has 1 unspecified atom stereocenters. The molecule has 3 rings (SSSR count). The van der Waals surface area contributed by atoms with E-state index in [9.17, 15) is 5.11 Å². The monoisotopic (exact) mass is 283 g/mol. The van der Waals surface area contributed by atoms with Crippen LogP contribution in [0.25, 0.3) is 0 Å². The maximum atomic E-state index is 9.77. The van der Waals surface area contributed by atoms with E-state index >= 15 is 0 Å². The number of aryl methyl sites for hydroxylation is 1. The molecule has 4 nitrogen and oxygen atoms in total. The van der Waals surface area contributed by atoms with Crippen molar-refractivity contribution in [2.75, 3.05) is 24.3 Å². The van der Waals surface area contributed by atoms with Gasteiger partial charge in [-0.2, -0.15) is 0 Å². The molecule has 0 aliphatic heterocycles. The zero-order chi connectivity index (χ0) is 14.8. The van der Waals surface area contributed by atoms with Crippen molar-refractivity contribution in [2.24, 2.45) is 0 Å². The lowest BCUT2D eigenvalue weighted by Crippen LogP contribution is -2.20. The van der Waals surface area contributed by atoms with Gasteiger partial charge in [-0.3, -0.25) is 0 Å². The number of nitrogens with one attached hydrogen (secondary N) is 1. The van der Waals surface area contributed by atoms with Crippen LogP contribution in [0.2, 0.25) is 0 Å². The average molecular weight is 283 g/mol. The van der Waals surface area contributed by atoms with Crippen LogP contribution in [0, 0.1) is 0 Å². The summed E-state index contributed by atoms with van der Waals surface area (Å²) >= 11 is 0. The van der Waals surface area contributed by atoms with Crippen LogP contribution in [0.1, 0.15) is 30.0 Å². The van der Waals surface area contributed by atoms with E-state index in [4.69, 9.17) is 0 Å². The topological polar surface area (TPSA) is 48.4 Å². The molecular formula is C17H21N3O. The van der Waals surface area contributed by atoms with Crippen molar-refractivity contribution in [1.29, 1.82) is 0 Å². The van der Waals surface area contributed by atoms with Crippen molar-refractivity contribution >= 4 is 11.5 Å². The van der Waals surface area contributed by atoms with Crippen molar-refractivity contribution < 1.29 is 5.11 Å². The number of phenols is 1. The van der Waals surface area contributed by atoms with Crippen LogP contribution < -0.4 is 10.2 Å². The van der Waals surface area contributed by atoms with Crippen LogP contribution >= 0.6 is 0 Å². The Balaban J connectivity index is 1.92. The van der Waals surface area contributed by atoms with E-state index in [1.54, 1.807) is 12.3 Å². The Labute approximate surface area is 125 Å². The van der Waals surface area contributed by atoms with E-state index in [2.05, 4.69) is 16.4 Å². The van der Waals surface area contributed by atoms with Gasteiger partial charge in [-0.1, -0.05) is 6.07 Å². The van der Waals surface area contributed by atoms with Gasteiger partial charge in [0.15, 0.2) is 5.82 Å². The second kappa shape index (κ2) is 5.64. The fourth-order valence-electron chi connectivity index (χ4n) is 2.99. The van der Waals surface area contributed by atoms with Crippen LogP contribution in [0.3, 0.4) is 0 Å². The van der Waals surface area contributed by atoms with E-state index in [0.717, 1.165) is 30.8 Å². The molecule has 21 heavy (non-hydrogen) atoms. The third-order valence-corrected chi connectivity index (χ3v) is 3.98. The first-order valence-electron chi connectivity index (χ1n) is 7.36. The molecule has 1 atom stereocenters. The molecule has 0 spiro atoms. The molecule has 4 heteroatoms. The molecule has 1 aliphatic rings. The highest BCUT2D eigenvalue weighted by Gasteiger charge is 2.21. The van der Waals surface area contributed by atoms with Gasteiger partial charge < -0.3 is 15.3 Å². The lowest BCUT2D eigenvalue weighted by molar-refractivity contribution is 0.471. The summed E-state index contributed by atoms with van der Waals surface area (Å²) in [6.45, 7) is 0. The summed E-state index contributed by atoms with van der Waals surface area (Å²) in [5, 5.41) is 13.4. The molecule has 0 bridgehead atoms. The highest BCUT2D eigenvalue weighted by molar-refractivity contribution is 5.65. The van der Waals surface area contributed by atoms with Gasteiger partial charge in [0.25, 0.3) is 0 Å². The zero-order valence-corrected chi connectivity index (χ0v) is 12.5. The number of rotatable bonds is 3. The first-order chi connectivity index (χ1) is 10.1. The number of phenolic OH excluding ortho intramolecular Hbond substituents is 1. The number of aromatic nitrogens is 1. The molecule has 1 heterocycles. The van der Waals surface area contributed by atoms with E-state index in [-0.39, 0.29) is 6.04 Å². The molecule has 0 saturated carbocycles. The van der Waals surface area contributed by atoms with E-state index in [1.165, 1.54) is 11.1 Å². The van der Waals surface area contributed by atoms with Gasteiger partial charge in [-0.05, 0) is 54.7 Å². The third kappa shape index (κ3) is 2.79. The average Bonchev–Trinajstić information content (AvgIpc) is 2.48. The van der Waals surface area contributed by atoms with Crippen molar-refractivity contribution in [3.8, 4) is 5.75 Å². The normalized spacial score (nSPS) is 17.1. The van der Waals surface area contributed by atoms with Crippen molar-refractivity contribution in [2.45, 2.75) is 25.3 Å². The number of fused-ring (bicyclic) bond motifs is 1. The van der Waals surface area contributed by atoms with E-state index in [1.807, 2.05) is 37.2 Å². The summed E-state index contributed by atoms with van der Waals surface area (Å²) in [6.07, 6.45) is 5.12. The first kappa shape index (κ1) is 13.7. The zero-order valence-electron chi connectivity index (χ0n) is 12.5. The number of hydrogen-bond donors (Lipinski definition) is 2. The van der Waals surface area contributed by atoms with Gasteiger partial charge in [-0.15, -0.1) is 0 Å². The van der Waals surface area contributed by atoms with Gasteiger partial charge in [0.05, 0.1) is 11.7 Å². The summed E-state index contributed by atoms with van der Waals surface area (Å²) in [7, 11) is 3.99. The van der Waals surface area contributed by atoms with Crippen molar-refractivity contribution in [3.05, 3.63) is 47.7 Å². The number of aromatic hydroxyl groups is 1. The van der Waals surface area contributed by atoms with Gasteiger partial charge in [0.1, 0.15) is 5.75 Å². The van der Waals surface area contributed by atoms with Gasteiger partial charge in [0, 0.05) is 20.3 Å². The van der Waals surface area contributed by atoms with Crippen LogP contribution in [0.5, 0.6) is 5.75 Å². The molecule has 1 aromatic carbocycles. The predicted octanol–water partition coefficient (Wildman–Crippen LogP) is 3.34. The Morgan fingerprint density at radius 3 is 2.95 bits per heavy atom. The quantitative estimate of drug-likeness (QED) is 0.907. The minimum atomic E-state index is 0.226. The molecule has 2 aromatic rings. The summed E-state index contributed by atoms with van der Waals surface area (Å²) in [5.74, 6) is 1.27. The molecule has 0 fully saturated rings. The Hall–Kier alpha value is -2.23. The molecule has 0 amide bonds. The minimum absolute atomic E-state index is 0.226. The first-order valence-corrected chi connectivity index (χ1v) is 7.36. The molecule has 2 N–H and O–H groups in total. The highest BCUT2D eigenvalue weighted by atomic mass is 16.3. The molecule has 0 saturated heterocycles. The van der Waals surface area contributed by atoms with Crippen LogP contribution in [-0.4, -0.2) is 24.2 Å². The third-order valence-electron chi connectivity index (χ3n) is 3.98.